The molecule has 1 N–H and O–H groups in total. The minimum Gasteiger partial charge on any atom is -0.481 e. The first-order valence-corrected chi connectivity index (χ1v) is 12.9. The van der Waals surface area contributed by atoms with Gasteiger partial charge in [-0.05, 0) is 48.8 Å². The Morgan fingerprint density at radius 1 is 0.903 bits per heavy atom. The van der Waals surface area contributed by atoms with Gasteiger partial charge in [-0.1, -0.05) is 74.4 Å². The standard InChI is InChI=1S/C25H35NO4S/c1-3-24(25(27)28)12-8-5-9-19-26(31(2,29)30)20-23-17-15-22(16-18-23)14-13-21-10-6-4-7-11-21/h4,6-7,10-11,15-18,24H,3,5,8-9,12-14,19-20H2,1-2H3,(H,27,28). The Hall–Kier alpha value is -2.18. The quantitative estimate of drug-likeness (QED) is 0.420. The van der Waals surface area contributed by atoms with Crippen molar-refractivity contribution in [3.8, 4) is 0 Å². The SMILES string of the molecule is CCC(CCCCCN(Cc1ccc(CCc2ccccc2)cc1)S(C)(=O)=O)C(=O)O. The van der Waals surface area contributed by atoms with Crippen molar-refractivity contribution in [1.82, 2.24) is 4.31 Å². The molecule has 5 nitrogen and oxygen atoms in total. The van der Waals surface area contributed by atoms with Gasteiger partial charge in [-0.15, -0.1) is 0 Å². The normalized spacial score (nSPS) is 12.7. The van der Waals surface area contributed by atoms with Gasteiger partial charge in [0, 0.05) is 13.1 Å². The van der Waals surface area contributed by atoms with Crippen LogP contribution in [0.5, 0.6) is 0 Å². The number of rotatable bonds is 14. The molecular weight excluding hydrogens is 410 g/mol. The molecule has 2 aromatic carbocycles. The lowest BCUT2D eigenvalue weighted by Crippen LogP contribution is -2.30. The van der Waals surface area contributed by atoms with Crippen LogP contribution in [0.25, 0.3) is 0 Å². The van der Waals surface area contributed by atoms with Gasteiger partial charge in [0.15, 0.2) is 0 Å². The zero-order valence-corrected chi connectivity index (χ0v) is 19.5. The molecule has 170 valence electrons. The maximum Gasteiger partial charge on any atom is 0.306 e. The second-order valence-electron chi connectivity index (χ2n) is 8.19. The summed E-state index contributed by atoms with van der Waals surface area (Å²) in [6.45, 7) is 2.71. The van der Waals surface area contributed by atoms with Crippen LogP contribution in [0.15, 0.2) is 54.6 Å². The molecule has 6 heteroatoms. The fourth-order valence-electron chi connectivity index (χ4n) is 3.67. The Kier molecular flexibility index (Phi) is 10.2. The van der Waals surface area contributed by atoms with Crippen molar-refractivity contribution >= 4 is 16.0 Å². The maximum atomic E-state index is 12.2. The third-order valence-corrected chi connectivity index (χ3v) is 6.95. The van der Waals surface area contributed by atoms with Crippen LogP contribution >= 0.6 is 0 Å². The monoisotopic (exact) mass is 445 g/mol. The average molecular weight is 446 g/mol. The topological polar surface area (TPSA) is 74.7 Å². The van der Waals surface area contributed by atoms with Gasteiger partial charge in [-0.25, -0.2) is 8.42 Å². The molecule has 0 radical (unpaired) electrons. The fraction of sp³-hybridized carbons (Fsp3) is 0.480. The smallest absolute Gasteiger partial charge is 0.306 e. The van der Waals surface area contributed by atoms with Crippen molar-refractivity contribution in [3.05, 3.63) is 71.3 Å². The number of hydrogen-bond donors (Lipinski definition) is 1. The van der Waals surface area contributed by atoms with E-state index in [1.807, 2.05) is 37.3 Å². The zero-order valence-electron chi connectivity index (χ0n) is 18.7. The van der Waals surface area contributed by atoms with E-state index < -0.39 is 16.0 Å². The Bertz CT molecular complexity index is 895. The summed E-state index contributed by atoms with van der Waals surface area (Å²) in [7, 11) is -3.30. The number of aliphatic carboxylic acids is 1. The third kappa shape index (κ3) is 9.23. The Balaban J connectivity index is 1.83. The van der Waals surface area contributed by atoms with E-state index in [2.05, 4.69) is 24.3 Å². The summed E-state index contributed by atoms with van der Waals surface area (Å²) in [6, 6.07) is 18.5. The Morgan fingerprint density at radius 2 is 1.48 bits per heavy atom. The van der Waals surface area contributed by atoms with Crippen molar-refractivity contribution in [2.45, 2.75) is 58.4 Å². The summed E-state index contributed by atoms with van der Waals surface area (Å²) in [5, 5.41) is 9.11. The van der Waals surface area contributed by atoms with Gasteiger partial charge in [0.2, 0.25) is 10.0 Å². The molecule has 0 bridgehead atoms. The minimum atomic E-state index is -3.30. The first-order chi connectivity index (χ1) is 14.8. The van der Waals surface area contributed by atoms with Crippen molar-refractivity contribution in [2.75, 3.05) is 12.8 Å². The number of nitrogens with zero attached hydrogens (tertiary/aromatic N) is 1. The van der Waals surface area contributed by atoms with E-state index in [0.717, 1.165) is 37.7 Å². The largest absolute Gasteiger partial charge is 0.481 e. The highest BCUT2D eigenvalue weighted by molar-refractivity contribution is 7.88. The van der Waals surface area contributed by atoms with Crippen molar-refractivity contribution in [2.24, 2.45) is 5.92 Å². The molecule has 1 unspecified atom stereocenters. The molecule has 0 aliphatic carbocycles. The van der Waals surface area contributed by atoms with Crippen molar-refractivity contribution in [1.29, 1.82) is 0 Å². The number of carboxylic acid groups (broad SMARTS) is 1. The molecule has 0 aliphatic heterocycles. The van der Waals surface area contributed by atoms with E-state index >= 15 is 0 Å². The molecule has 0 amide bonds. The van der Waals surface area contributed by atoms with Gasteiger partial charge >= 0.3 is 5.97 Å². The predicted octanol–water partition coefficient (Wildman–Crippen LogP) is 4.90. The van der Waals surface area contributed by atoms with Crippen LogP contribution in [0.3, 0.4) is 0 Å². The fourth-order valence-corrected chi connectivity index (χ4v) is 4.51. The number of carboxylic acids is 1. The number of sulfonamides is 1. The zero-order chi connectivity index (χ0) is 22.7. The molecule has 0 spiro atoms. The van der Waals surface area contributed by atoms with Gasteiger partial charge in [0.05, 0.1) is 12.2 Å². The van der Waals surface area contributed by atoms with Crippen LogP contribution in [-0.2, 0) is 34.2 Å². The van der Waals surface area contributed by atoms with E-state index in [1.54, 1.807) is 0 Å². The van der Waals surface area contributed by atoms with Gasteiger partial charge < -0.3 is 5.11 Å². The summed E-state index contributed by atoms with van der Waals surface area (Å²) in [4.78, 5) is 11.1. The number of benzene rings is 2. The summed E-state index contributed by atoms with van der Waals surface area (Å²) in [5.74, 6) is -1.04. The van der Waals surface area contributed by atoms with Crippen LogP contribution in [0.2, 0.25) is 0 Å². The Morgan fingerprint density at radius 3 is 2.03 bits per heavy atom. The summed E-state index contributed by atoms with van der Waals surface area (Å²) in [6.07, 6.45) is 6.83. The molecule has 0 heterocycles. The van der Waals surface area contributed by atoms with E-state index in [4.69, 9.17) is 5.11 Å². The molecule has 31 heavy (non-hydrogen) atoms. The lowest BCUT2D eigenvalue weighted by molar-refractivity contribution is -0.142. The molecule has 2 aromatic rings. The van der Waals surface area contributed by atoms with Gasteiger partial charge in [0.1, 0.15) is 0 Å². The van der Waals surface area contributed by atoms with Gasteiger partial charge in [-0.2, -0.15) is 4.31 Å². The summed E-state index contributed by atoms with van der Waals surface area (Å²) >= 11 is 0. The van der Waals surface area contributed by atoms with Crippen molar-refractivity contribution in [3.63, 3.8) is 0 Å². The van der Waals surface area contributed by atoms with E-state index in [-0.39, 0.29) is 5.92 Å². The van der Waals surface area contributed by atoms with Gasteiger partial charge in [-0.3, -0.25) is 4.79 Å². The number of hydrogen-bond acceptors (Lipinski definition) is 3. The first kappa shape index (κ1) is 25.1. The molecule has 0 fully saturated rings. The lowest BCUT2D eigenvalue weighted by Gasteiger charge is -2.20. The highest BCUT2D eigenvalue weighted by Crippen LogP contribution is 2.16. The maximum absolute atomic E-state index is 12.2. The average Bonchev–Trinajstić information content (AvgIpc) is 2.74. The first-order valence-electron chi connectivity index (χ1n) is 11.1. The van der Waals surface area contributed by atoms with Crippen molar-refractivity contribution < 1.29 is 18.3 Å². The lowest BCUT2D eigenvalue weighted by atomic mass is 9.99. The summed E-state index contributed by atoms with van der Waals surface area (Å²) < 4.78 is 26.0. The minimum absolute atomic E-state index is 0.300. The molecule has 0 aromatic heterocycles. The van der Waals surface area contributed by atoms with Crippen LogP contribution in [0, 0.1) is 5.92 Å². The Labute approximate surface area is 187 Å². The van der Waals surface area contributed by atoms with Crippen LogP contribution in [-0.4, -0.2) is 36.6 Å². The van der Waals surface area contributed by atoms with E-state index in [1.165, 1.54) is 21.7 Å². The highest BCUT2D eigenvalue weighted by atomic mass is 32.2. The molecule has 2 rings (SSSR count). The molecule has 0 aliphatic rings. The second-order valence-corrected chi connectivity index (χ2v) is 10.2. The number of carbonyl (C=O) groups is 1. The van der Waals surface area contributed by atoms with Crippen LogP contribution in [0.1, 0.15) is 55.7 Å². The molecule has 0 saturated carbocycles. The highest BCUT2D eigenvalue weighted by Gasteiger charge is 2.17. The third-order valence-electron chi connectivity index (χ3n) is 5.70. The van der Waals surface area contributed by atoms with Crippen LogP contribution < -0.4 is 0 Å². The number of aryl methyl sites for hydroxylation is 2. The van der Waals surface area contributed by atoms with Crippen LogP contribution in [0.4, 0.5) is 0 Å². The molecular formula is C25H35NO4S. The predicted molar refractivity (Wildman–Crippen MR) is 125 cm³/mol. The molecule has 0 saturated heterocycles. The molecule has 1 atom stereocenters. The second kappa shape index (κ2) is 12.6. The summed E-state index contributed by atoms with van der Waals surface area (Å²) in [5.41, 5.74) is 3.52. The van der Waals surface area contributed by atoms with E-state index in [0.29, 0.717) is 25.9 Å². The number of unbranched alkanes of at least 4 members (excludes halogenated alkanes) is 2. The van der Waals surface area contributed by atoms with Gasteiger partial charge in [0.25, 0.3) is 0 Å². The van der Waals surface area contributed by atoms with E-state index in [9.17, 15) is 13.2 Å².